The molecule has 0 bridgehead atoms. The summed E-state index contributed by atoms with van der Waals surface area (Å²) in [5, 5.41) is 4.73. The Bertz CT molecular complexity index is 892. The number of piperidine rings is 1. The van der Waals surface area contributed by atoms with E-state index in [0.717, 1.165) is 11.5 Å². The van der Waals surface area contributed by atoms with Gasteiger partial charge in [-0.2, -0.15) is 13.2 Å². The molecule has 3 heterocycles. The van der Waals surface area contributed by atoms with Crippen LogP contribution >= 0.6 is 12.2 Å². The van der Waals surface area contributed by atoms with E-state index in [9.17, 15) is 13.2 Å². The van der Waals surface area contributed by atoms with Crippen LogP contribution in [0.2, 0.25) is 0 Å². The number of hydrogen-bond acceptors (Lipinski definition) is 5. The van der Waals surface area contributed by atoms with Gasteiger partial charge in [0.1, 0.15) is 0 Å². The van der Waals surface area contributed by atoms with Crippen molar-refractivity contribution in [2.45, 2.75) is 32.2 Å². The summed E-state index contributed by atoms with van der Waals surface area (Å²) in [5.74, 6) is -0.540. The topological polar surface area (TPSA) is 38.5 Å². The molecule has 0 amide bonds. The van der Waals surface area contributed by atoms with Gasteiger partial charge in [-0.3, -0.25) is 9.47 Å². The molecule has 4 rings (SSSR count). The molecule has 0 spiro atoms. The second kappa shape index (κ2) is 9.07. The Kier molecular flexibility index (Phi) is 6.45. The van der Waals surface area contributed by atoms with Crippen molar-refractivity contribution < 1.29 is 17.9 Å². The van der Waals surface area contributed by atoms with Crippen LogP contribution < -0.4 is 4.90 Å². The molecule has 2 aliphatic heterocycles. The lowest BCUT2D eigenvalue weighted by atomic mass is 9.98. The van der Waals surface area contributed by atoms with E-state index in [1.165, 1.54) is 0 Å². The van der Waals surface area contributed by atoms with E-state index in [0.29, 0.717) is 50.6 Å². The van der Waals surface area contributed by atoms with Crippen LogP contribution in [-0.4, -0.2) is 64.8 Å². The number of likely N-dealkylation sites (tertiary alicyclic amines) is 1. The maximum atomic E-state index is 13.2. The summed E-state index contributed by atoms with van der Waals surface area (Å²) in [4.78, 5) is 3.94. The van der Waals surface area contributed by atoms with Gasteiger partial charge in [-0.1, -0.05) is 30.3 Å². The van der Waals surface area contributed by atoms with Gasteiger partial charge in [-0.15, -0.1) is 5.10 Å². The quantitative estimate of drug-likeness (QED) is 0.664. The lowest BCUT2D eigenvalue weighted by Gasteiger charge is -2.33. The van der Waals surface area contributed by atoms with Gasteiger partial charge >= 0.3 is 6.18 Å². The Morgan fingerprint density at radius 2 is 1.83 bits per heavy atom. The number of aromatic nitrogens is 3. The summed E-state index contributed by atoms with van der Waals surface area (Å²) in [7, 11) is 0. The molecule has 1 aromatic heterocycles. The number of anilines is 1. The number of rotatable bonds is 5. The molecule has 2 aliphatic rings. The predicted octanol–water partition coefficient (Wildman–Crippen LogP) is 3.53. The van der Waals surface area contributed by atoms with Crippen molar-refractivity contribution in [2.24, 2.45) is 5.92 Å². The number of halogens is 3. The first-order valence-corrected chi connectivity index (χ1v) is 10.7. The molecule has 164 valence electrons. The second-order valence-electron chi connectivity index (χ2n) is 7.85. The molecular weight excluding hydrogens is 415 g/mol. The Labute approximate surface area is 178 Å². The van der Waals surface area contributed by atoms with Gasteiger partial charge in [0, 0.05) is 19.6 Å². The molecule has 2 aromatic rings. The van der Waals surface area contributed by atoms with Gasteiger partial charge in [0.25, 0.3) is 0 Å². The molecule has 30 heavy (non-hydrogen) atoms. The minimum absolute atomic E-state index is 0.0102. The highest BCUT2D eigenvalue weighted by atomic mass is 32.1. The smallest absolute Gasteiger partial charge is 0.378 e. The molecule has 0 saturated carbocycles. The van der Waals surface area contributed by atoms with Crippen molar-refractivity contribution in [1.29, 1.82) is 0 Å². The highest BCUT2D eigenvalue weighted by Gasteiger charge is 2.41. The highest BCUT2D eigenvalue weighted by Crippen LogP contribution is 2.33. The van der Waals surface area contributed by atoms with Gasteiger partial charge in [0.15, 0.2) is 0 Å². The van der Waals surface area contributed by atoms with Crippen molar-refractivity contribution in [1.82, 2.24) is 19.2 Å². The third-order valence-electron chi connectivity index (χ3n) is 5.68. The molecule has 10 heteroatoms. The van der Waals surface area contributed by atoms with E-state index in [2.05, 4.69) is 4.90 Å². The van der Waals surface area contributed by atoms with E-state index in [-0.39, 0.29) is 19.6 Å². The molecule has 0 aliphatic carbocycles. The molecular formula is C20H26F3N5OS. The average Bonchev–Trinajstić information content (AvgIpc) is 3.04. The van der Waals surface area contributed by atoms with Crippen LogP contribution in [-0.2, 0) is 18.0 Å². The van der Waals surface area contributed by atoms with Gasteiger partial charge < -0.3 is 9.64 Å². The fraction of sp³-hybridized carbons (Fsp3) is 0.600. The van der Waals surface area contributed by atoms with E-state index in [4.69, 9.17) is 22.1 Å². The summed E-state index contributed by atoms with van der Waals surface area (Å²) >= 11 is 5.71. The van der Waals surface area contributed by atoms with Crippen LogP contribution in [0.5, 0.6) is 0 Å². The van der Waals surface area contributed by atoms with Gasteiger partial charge in [0.05, 0.1) is 32.3 Å². The van der Waals surface area contributed by atoms with Crippen LogP contribution in [0, 0.1) is 10.7 Å². The molecule has 0 radical (unpaired) electrons. The largest absolute Gasteiger partial charge is 0.393 e. The van der Waals surface area contributed by atoms with Crippen molar-refractivity contribution in [3.63, 3.8) is 0 Å². The van der Waals surface area contributed by atoms with Crippen LogP contribution in [0.25, 0.3) is 0 Å². The van der Waals surface area contributed by atoms with Crippen LogP contribution in [0.4, 0.5) is 19.1 Å². The Balaban J connectivity index is 1.59. The molecule has 0 unspecified atom stereocenters. The predicted molar refractivity (Wildman–Crippen MR) is 110 cm³/mol. The zero-order valence-corrected chi connectivity index (χ0v) is 17.5. The summed E-state index contributed by atoms with van der Waals surface area (Å²) in [5.41, 5.74) is 1.10. The maximum Gasteiger partial charge on any atom is 0.393 e. The van der Waals surface area contributed by atoms with E-state index in [1.54, 1.807) is 9.58 Å². The SMILES string of the molecule is FC(F)(F)[C@@H]1CCCN(Cn2nc(N3CCOCC3)n(Cc3ccccc3)c2=S)C1. The third-order valence-corrected chi connectivity index (χ3v) is 6.11. The van der Waals surface area contributed by atoms with Crippen LogP contribution in [0.3, 0.4) is 0 Å². The van der Waals surface area contributed by atoms with Crippen LogP contribution in [0.1, 0.15) is 18.4 Å². The minimum Gasteiger partial charge on any atom is -0.378 e. The number of benzene rings is 1. The standard InChI is InChI=1S/C20H26F3N5OS/c21-20(22,23)17-7-4-8-25(14-17)15-28-19(30)27(13-16-5-2-1-3-6-16)18(24-28)26-9-11-29-12-10-26/h1-3,5-6,17H,4,7-15H2/t17-/m1/s1. The maximum absolute atomic E-state index is 13.2. The summed E-state index contributed by atoms with van der Waals surface area (Å²) in [6.07, 6.45) is -3.45. The van der Waals surface area contributed by atoms with Gasteiger partial charge in [-0.25, -0.2) is 4.68 Å². The van der Waals surface area contributed by atoms with Crippen molar-refractivity contribution in [2.75, 3.05) is 44.3 Å². The van der Waals surface area contributed by atoms with Crippen molar-refractivity contribution in [3.05, 3.63) is 40.7 Å². The van der Waals surface area contributed by atoms with Crippen LogP contribution in [0.15, 0.2) is 30.3 Å². The lowest BCUT2D eigenvalue weighted by molar-refractivity contribution is -0.188. The molecule has 2 fully saturated rings. The zero-order chi connectivity index (χ0) is 21.1. The summed E-state index contributed by atoms with van der Waals surface area (Å²) < 4.78 is 49.2. The number of alkyl halides is 3. The molecule has 1 atom stereocenters. The highest BCUT2D eigenvalue weighted by molar-refractivity contribution is 7.71. The second-order valence-corrected chi connectivity index (χ2v) is 8.22. The Morgan fingerprint density at radius 3 is 2.53 bits per heavy atom. The first-order chi connectivity index (χ1) is 14.4. The zero-order valence-electron chi connectivity index (χ0n) is 16.7. The lowest BCUT2D eigenvalue weighted by Crippen LogP contribution is -2.42. The first-order valence-electron chi connectivity index (χ1n) is 10.2. The average molecular weight is 442 g/mol. The number of ether oxygens (including phenoxy) is 1. The Hall–Kier alpha value is -1.91. The number of morpholine rings is 1. The first kappa shape index (κ1) is 21.3. The molecule has 6 nitrogen and oxygen atoms in total. The number of hydrogen-bond donors (Lipinski definition) is 0. The van der Waals surface area contributed by atoms with Gasteiger partial charge in [0.2, 0.25) is 10.7 Å². The third kappa shape index (κ3) is 4.87. The fourth-order valence-corrected chi connectivity index (χ4v) is 4.31. The van der Waals surface area contributed by atoms with E-state index in [1.807, 2.05) is 34.9 Å². The monoisotopic (exact) mass is 441 g/mol. The normalized spacial score (nSPS) is 21.2. The van der Waals surface area contributed by atoms with Gasteiger partial charge in [-0.05, 0) is 37.2 Å². The summed E-state index contributed by atoms with van der Waals surface area (Å²) in [6.45, 7) is 4.09. The minimum atomic E-state index is -4.16. The van der Waals surface area contributed by atoms with Crippen molar-refractivity contribution >= 4 is 18.2 Å². The van der Waals surface area contributed by atoms with E-state index < -0.39 is 12.1 Å². The molecule has 2 saturated heterocycles. The Morgan fingerprint density at radius 1 is 1.10 bits per heavy atom. The van der Waals surface area contributed by atoms with Crippen molar-refractivity contribution in [3.8, 4) is 0 Å². The molecule has 0 N–H and O–H groups in total. The molecule has 1 aromatic carbocycles. The fourth-order valence-electron chi connectivity index (χ4n) is 4.06. The summed E-state index contributed by atoms with van der Waals surface area (Å²) in [6, 6.07) is 9.97. The van der Waals surface area contributed by atoms with E-state index >= 15 is 0 Å². The number of nitrogens with zero attached hydrogens (tertiary/aromatic N) is 5.